The number of carboxylic acids is 1. The van der Waals surface area contributed by atoms with E-state index in [1.807, 2.05) is 23.7 Å². The van der Waals surface area contributed by atoms with E-state index in [-0.39, 0.29) is 11.8 Å². The molecule has 0 aromatic carbocycles. The summed E-state index contributed by atoms with van der Waals surface area (Å²) in [5.41, 5.74) is 1.96. The second-order valence-electron chi connectivity index (χ2n) is 4.35. The second kappa shape index (κ2) is 4.00. The Labute approximate surface area is 102 Å². The minimum Gasteiger partial charge on any atom is -0.481 e. The SMILES string of the molecule is O=C(O)C1CC1Cc1nc(-c2ccc[nH]2)cs1. The van der Waals surface area contributed by atoms with E-state index in [9.17, 15) is 4.79 Å². The lowest BCUT2D eigenvalue weighted by molar-refractivity contribution is -0.138. The third-order valence-corrected chi connectivity index (χ3v) is 3.97. The van der Waals surface area contributed by atoms with Crippen molar-refractivity contribution in [3.63, 3.8) is 0 Å². The summed E-state index contributed by atoms with van der Waals surface area (Å²) in [5.74, 6) is -0.529. The first-order valence-corrected chi connectivity index (χ1v) is 6.43. The molecule has 2 aromatic rings. The molecule has 2 heterocycles. The molecule has 2 unspecified atom stereocenters. The van der Waals surface area contributed by atoms with Crippen LogP contribution in [-0.2, 0) is 11.2 Å². The smallest absolute Gasteiger partial charge is 0.306 e. The lowest BCUT2D eigenvalue weighted by Gasteiger charge is -1.93. The molecule has 0 amide bonds. The summed E-state index contributed by atoms with van der Waals surface area (Å²) in [5, 5.41) is 11.9. The molecule has 0 aliphatic heterocycles. The van der Waals surface area contributed by atoms with Crippen LogP contribution < -0.4 is 0 Å². The fourth-order valence-electron chi connectivity index (χ4n) is 2.02. The topological polar surface area (TPSA) is 66.0 Å². The number of H-pyrrole nitrogens is 1. The normalized spacial score (nSPS) is 22.6. The van der Waals surface area contributed by atoms with E-state index in [4.69, 9.17) is 5.11 Å². The van der Waals surface area contributed by atoms with Crippen molar-refractivity contribution >= 4 is 17.3 Å². The number of nitrogens with one attached hydrogen (secondary N) is 1. The number of carbonyl (C=O) groups is 1. The van der Waals surface area contributed by atoms with E-state index in [1.54, 1.807) is 11.3 Å². The number of rotatable bonds is 4. The van der Waals surface area contributed by atoms with Gasteiger partial charge in [-0.05, 0) is 24.5 Å². The van der Waals surface area contributed by atoms with E-state index in [1.165, 1.54) is 0 Å². The first kappa shape index (κ1) is 10.5. The van der Waals surface area contributed by atoms with Crippen LogP contribution in [0.2, 0.25) is 0 Å². The molecule has 88 valence electrons. The lowest BCUT2D eigenvalue weighted by Crippen LogP contribution is -2.00. The average molecular weight is 248 g/mol. The van der Waals surface area contributed by atoms with Crippen molar-refractivity contribution < 1.29 is 9.90 Å². The van der Waals surface area contributed by atoms with Crippen LogP contribution in [-0.4, -0.2) is 21.0 Å². The Kier molecular flexibility index (Phi) is 2.48. The highest BCUT2D eigenvalue weighted by Gasteiger charge is 2.43. The molecule has 17 heavy (non-hydrogen) atoms. The monoisotopic (exact) mass is 248 g/mol. The summed E-state index contributed by atoms with van der Waals surface area (Å²) in [6, 6.07) is 3.92. The molecule has 5 heteroatoms. The highest BCUT2D eigenvalue weighted by molar-refractivity contribution is 7.09. The van der Waals surface area contributed by atoms with Gasteiger partial charge in [0.15, 0.2) is 0 Å². The Bertz CT molecular complexity index is 532. The van der Waals surface area contributed by atoms with Crippen molar-refractivity contribution in [1.29, 1.82) is 0 Å². The van der Waals surface area contributed by atoms with Crippen molar-refractivity contribution in [2.24, 2.45) is 11.8 Å². The van der Waals surface area contributed by atoms with Crippen LogP contribution in [0, 0.1) is 11.8 Å². The Hall–Kier alpha value is -1.62. The first-order chi connectivity index (χ1) is 8.24. The van der Waals surface area contributed by atoms with Gasteiger partial charge in [-0.1, -0.05) is 0 Å². The number of nitrogens with zero attached hydrogens (tertiary/aromatic N) is 1. The predicted molar refractivity (Wildman–Crippen MR) is 64.8 cm³/mol. The van der Waals surface area contributed by atoms with Gasteiger partial charge in [-0.2, -0.15) is 0 Å². The Morgan fingerprint density at radius 1 is 1.65 bits per heavy atom. The van der Waals surface area contributed by atoms with Crippen LogP contribution in [0.25, 0.3) is 11.4 Å². The molecule has 0 radical (unpaired) electrons. The molecular formula is C12H12N2O2S. The van der Waals surface area contributed by atoms with Crippen molar-refractivity contribution in [1.82, 2.24) is 9.97 Å². The number of thiazole rings is 1. The Morgan fingerprint density at radius 2 is 2.53 bits per heavy atom. The maximum atomic E-state index is 10.7. The molecule has 1 saturated carbocycles. The maximum Gasteiger partial charge on any atom is 0.306 e. The standard InChI is InChI=1S/C12H12N2O2S/c15-12(16)8-4-7(8)5-11-14-10(6-17-11)9-2-1-3-13-9/h1-3,6-8,13H,4-5H2,(H,15,16). The van der Waals surface area contributed by atoms with Crippen molar-refractivity contribution in [3.8, 4) is 11.4 Å². The van der Waals surface area contributed by atoms with Gasteiger partial charge < -0.3 is 10.1 Å². The fraction of sp³-hybridized carbons (Fsp3) is 0.333. The molecule has 2 N–H and O–H groups in total. The third-order valence-electron chi connectivity index (χ3n) is 3.10. The number of aromatic nitrogens is 2. The zero-order chi connectivity index (χ0) is 11.8. The molecule has 0 spiro atoms. The first-order valence-electron chi connectivity index (χ1n) is 5.55. The molecule has 4 nitrogen and oxygen atoms in total. The predicted octanol–water partition coefficient (Wildman–Crippen LogP) is 2.40. The van der Waals surface area contributed by atoms with Gasteiger partial charge in [0.1, 0.15) is 0 Å². The van der Waals surface area contributed by atoms with Crippen LogP contribution in [0.4, 0.5) is 0 Å². The van der Waals surface area contributed by atoms with Gasteiger partial charge in [-0.15, -0.1) is 11.3 Å². The van der Waals surface area contributed by atoms with Gasteiger partial charge in [0.05, 0.1) is 22.3 Å². The van der Waals surface area contributed by atoms with Crippen molar-refractivity contribution in [2.45, 2.75) is 12.8 Å². The number of hydrogen-bond acceptors (Lipinski definition) is 3. The minimum absolute atomic E-state index is 0.146. The van der Waals surface area contributed by atoms with Gasteiger partial charge in [-0.25, -0.2) is 4.98 Å². The number of carboxylic acid groups (broad SMARTS) is 1. The average Bonchev–Trinajstić information content (AvgIpc) is 2.74. The summed E-state index contributed by atoms with van der Waals surface area (Å²) in [7, 11) is 0. The largest absolute Gasteiger partial charge is 0.481 e. The Morgan fingerprint density at radius 3 is 3.18 bits per heavy atom. The van der Waals surface area contributed by atoms with E-state index < -0.39 is 5.97 Å². The van der Waals surface area contributed by atoms with E-state index in [2.05, 4.69) is 9.97 Å². The summed E-state index contributed by atoms with van der Waals surface area (Å²) < 4.78 is 0. The molecule has 0 saturated heterocycles. The molecular weight excluding hydrogens is 236 g/mol. The number of aliphatic carboxylic acids is 1. The van der Waals surface area contributed by atoms with Crippen LogP contribution in [0.15, 0.2) is 23.7 Å². The van der Waals surface area contributed by atoms with Gasteiger partial charge in [-0.3, -0.25) is 4.79 Å². The highest BCUT2D eigenvalue weighted by Crippen LogP contribution is 2.41. The molecule has 2 aromatic heterocycles. The molecule has 1 aliphatic carbocycles. The third kappa shape index (κ3) is 2.10. The highest BCUT2D eigenvalue weighted by atomic mass is 32.1. The van der Waals surface area contributed by atoms with Crippen molar-refractivity contribution in [3.05, 3.63) is 28.7 Å². The molecule has 1 aliphatic rings. The fourth-order valence-corrected chi connectivity index (χ4v) is 2.91. The summed E-state index contributed by atoms with van der Waals surface area (Å²) in [6.07, 6.45) is 3.46. The molecule has 0 bridgehead atoms. The zero-order valence-corrected chi connectivity index (χ0v) is 9.91. The molecule has 3 rings (SSSR count). The Balaban J connectivity index is 1.68. The molecule has 1 fully saturated rings. The quantitative estimate of drug-likeness (QED) is 0.873. The summed E-state index contributed by atoms with van der Waals surface area (Å²) in [4.78, 5) is 18.4. The van der Waals surface area contributed by atoms with Crippen LogP contribution in [0.1, 0.15) is 11.4 Å². The van der Waals surface area contributed by atoms with Crippen LogP contribution >= 0.6 is 11.3 Å². The number of hydrogen-bond donors (Lipinski definition) is 2. The zero-order valence-electron chi connectivity index (χ0n) is 9.09. The van der Waals surface area contributed by atoms with Crippen molar-refractivity contribution in [2.75, 3.05) is 0 Å². The summed E-state index contributed by atoms with van der Waals surface area (Å²) >= 11 is 1.61. The maximum absolute atomic E-state index is 10.7. The number of aromatic amines is 1. The second-order valence-corrected chi connectivity index (χ2v) is 5.30. The van der Waals surface area contributed by atoms with Gasteiger partial charge >= 0.3 is 5.97 Å². The van der Waals surface area contributed by atoms with E-state index in [0.717, 1.165) is 29.2 Å². The van der Waals surface area contributed by atoms with Crippen LogP contribution in [0.5, 0.6) is 0 Å². The summed E-state index contributed by atoms with van der Waals surface area (Å²) in [6.45, 7) is 0. The minimum atomic E-state index is -0.670. The molecule has 2 atom stereocenters. The lowest BCUT2D eigenvalue weighted by atomic mass is 10.2. The van der Waals surface area contributed by atoms with E-state index in [0.29, 0.717) is 0 Å². The van der Waals surface area contributed by atoms with Crippen LogP contribution in [0.3, 0.4) is 0 Å². The van der Waals surface area contributed by atoms with Gasteiger partial charge in [0.2, 0.25) is 0 Å². The van der Waals surface area contributed by atoms with Gasteiger partial charge in [0.25, 0.3) is 0 Å². The van der Waals surface area contributed by atoms with Gasteiger partial charge in [0, 0.05) is 18.0 Å². The van der Waals surface area contributed by atoms with E-state index >= 15 is 0 Å².